The Morgan fingerprint density at radius 3 is 2.70 bits per heavy atom. The van der Waals surface area contributed by atoms with Gasteiger partial charge in [0.1, 0.15) is 11.6 Å². The number of carbonyl (C=O) groups excluding carboxylic acids is 1. The van der Waals surface area contributed by atoms with Gasteiger partial charge in [0.15, 0.2) is 5.16 Å². The summed E-state index contributed by atoms with van der Waals surface area (Å²) in [5.41, 5.74) is 0.758. The van der Waals surface area contributed by atoms with Crippen LogP contribution in [0.3, 0.4) is 0 Å². The highest BCUT2D eigenvalue weighted by atomic mass is 32.2. The molecule has 1 aliphatic carbocycles. The van der Waals surface area contributed by atoms with Crippen LogP contribution in [0, 0.1) is 0 Å². The molecule has 1 aromatic carbocycles. The number of anilines is 1. The first-order valence-electron chi connectivity index (χ1n) is 10.3. The molecular formula is C22H26N4O2S2. The second-order valence-electron chi connectivity index (χ2n) is 7.38. The molecule has 1 amide bonds. The van der Waals surface area contributed by atoms with Crippen LogP contribution in [-0.4, -0.2) is 33.5 Å². The van der Waals surface area contributed by atoms with Crippen LogP contribution < -0.4 is 10.1 Å². The van der Waals surface area contributed by atoms with Crippen LogP contribution in [0.25, 0.3) is 0 Å². The van der Waals surface area contributed by atoms with E-state index in [2.05, 4.69) is 37.6 Å². The number of rotatable bonds is 8. The largest absolute Gasteiger partial charge is 0.497 e. The fourth-order valence-corrected chi connectivity index (χ4v) is 5.33. The fraction of sp³-hybridized carbons (Fsp3) is 0.409. The molecule has 0 saturated heterocycles. The number of amides is 1. The quantitative estimate of drug-likeness (QED) is 0.487. The highest BCUT2D eigenvalue weighted by Crippen LogP contribution is 2.33. The van der Waals surface area contributed by atoms with E-state index in [0.717, 1.165) is 41.7 Å². The predicted molar refractivity (Wildman–Crippen MR) is 122 cm³/mol. The van der Waals surface area contributed by atoms with E-state index in [0.29, 0.717) is 11.8 Å². The van der Waals surface area contributed by atoms with E-state index >= 15 is 0 Å². The van der Waals surface area contributed by atoms with Gasteiger partial charge in [-0.1, -0.05) is 37.1 Å². The average Bonchev–Trinajstić information content (AvgIpc) is 3.44. The Labute approximate surface area is 185 Å². The van der Waals surface area contributed by atoms with Crippen LogP contribution in [0.15, 0.2) is 46.9 Å². The molecule has 0 radical (unpaired) electrons. The minimum atomic E-state index is -0.0526. The summed E-state index contributed by atoms with van der Waals surface area (Å²) in [6.07, 6.45) is 6.88. The van der Waals surface area contributed by atoms with E-state index < -0.39 is 0 Å². The number of hydrogen-bond acceptors (Lipinski definition) is 6. The molecule has 0 bridgehead atoms. The highest BCUT2D eigenvalue weighted by Gasteiger charge is 2.23. The van der Waals surface area contributed by atoms with Crippen molar-refractivity contribution in [3.63, 3.8) is 0 Å². The van der Waals surface area contributed by atoms with Gasteiger partial charge >= 0.3 is 0 Å². The molecule has 0 unspecified atom stereocenters. The van der Waals surface area contributed by atoms with Gasteiger partial charge in [0.25, 0.3) is 0 Å². The van der Waals surface area contributed by atoms with Crippen molar-refractivity contribution in [1.82, 2.24) is 14.8 Å². The van der Waals surface area contributed by atoms with Crippen LogP contribution in [0.2, 0.25) is 0 Å². The molecule has 30 heavy (non-hydrogen) atoms. The molecule has 1 N–H and O–H groups in total. The number of hydrogen-bond donors (Lipinski definition) is 1. The molecule has 6 nitrogen and oxygen atoms in total. The Balaban J connectivity index is 1.44. The summed E-state index contributed by atoms with van der Waals surface area (Å²) in [5.74, 6) is 2.02. The number of aromatic nitrogens is 3. The normalized spacial score (nSPS) is 14.6. The van der Waals surface area contributed by atoms with Gasteiger partial charge in [0, 0.05) is 23.0 Å². The first-order chi connectivity index (χ1) is 14.7. The minimum Gasteiger partial charge on any atom is -0.497 e. The Morgan fingerprint density at radius 1 is 1.20 bits per heavy atom. The Bertz CT molecular complexity index is 948. The smallest absolute Gasteiger partial charge is 0.234 e. The van der Waals surface area contributed by atoms with Gasteiger partial charge in [-0.15, -0.1) is 21.5 Å². The molecule has 0 spiro atoms. The maximum absolute atomic E-state index is 12.5. The highest BCUT2D eigenvalue weighted by molar-refractivity contribution is 7.99. The lowest BCUT2D eigenvalue weighted by atomic mass is 9.95. The number of methoxy groups -OCH3 is 1. The van der Waals surface area contributed by atoms with E-state index in [4.69, 9.17) is 4.74 Å². The summed E-state index contributed by atoms with van der Waals surface area (Å²) in [7, 11) is 1.62. The van der Waals surface area contributed by atoms with Gasteiger partial charge in [-0.25, -0.2) is 0 Å². The third-order valence-corrected chi connectivity index (χ3v) is 7.11. The van der Waals surface area contributed by atoms with Crippen LogP contribution in [-0.2, 0) is 11.2 Å². The Morgan fingerprint density at radius 2 is 2.00 bits per heavy atom. The molecule has 2 aromatic heterocycles. The van der Waals surface area contributed by atoms with Gasteiger partial charge in [-0.05, 0) is 48.6 Å². The zero-order valence-corrected chi connectivity index (χ0v) is 18.7. The van der Waals surface area contributed by atoms with Crippen LogP contribution >= 0.6 is 23.1 Å². The molecule has 1 saturated carbocycles. The van der Waals surface area contributed by atoms with Gasteiger partial charge in [0.05, 0.1) is 12.9 Å². The van der Waals surface area contributed by atoms with Crippen molar-refractivity contribution < 1.29 is 9.53 Å². The van der Waals surface area contributed by atoms with Gasteiger partial charge in [0.2, 0.25) is 5.91 Å². The first kappa shape index (κ1) is 20.9. The minimum absolute atomic E-state index is 0.0526. The number of ether oxygens (including phenoxy) is 1. The van der Waals surface area contributed by atoms with E-state index in [1.54, 1.807) is 18.4 Å². The SMILES string of the molecule is COc1ccc(NC(=O)CSc2nnc(Cc3cccs3)n2C2CCCCC2)cc1. The van der Waals surface area contributed by atoms with Crippen molar-refractivity contribution in [2.24, 2.45) is 0 Å². The summed E-state index contributed by atoms with van der Waals surface area (Å²) in [4.78, 5) is 13.8. The maximum Gasteiger partial charge on any atom is 0.234 e. The summed E-state index contributed by atoms with van der Waals surface area (Å²) in [6.45, 7) is 0. The van der Waals surface area contributed by atoms with Crippen molar-refractivity contribution in [2.45, 2.75) is 49.7 Å². The molecule has 158 valence electrons. The maximum atomic E-state index is 12.5. The van der Waals surface area contributed by atoms with Crippen molar-refractivity contribution in [3.05, 3.63) is 52.5 Å². The van der Waals surface area contributed by atoms with Crippen LogP contribution in [0.4, 0.5) is 5.69 Å². The number of thiophene rings is 1. The first-order valence-corrected chi connectivity index (χ1v) is 12.1. The van der Waals surface area contributed by atoms with E-state index in [9.17, 15) is 4.79 Å². The average molecular weight is 443 g/mol. The van der Waals surface area contributed by atoms with Crippen molar-refractivity contribution in [3.8, 4) is 5.75 Å². The van der Waals surface area contributed by atoms with Crippen LogP contribution in [0.5, 0.6) is 5.75 Å². The predicted octanol–water partition coefficient (Wildman–Crippen LogP) is 5.18. The monoisotopic (exact) mass is 442 g/mol. The second-order valence-corrected chi connectivity index (χ2v) is 9.36. The molecular weight excluding hydrogens is 416 g/mol. The van der Waals surface area contributed by atoms with Crippen molar-refractivity contribution in [2.75, 3.05) is 18.2 Å². The zero-order valence-electron chi connectivity index (χ0n) is 17.0. The van der Waals surface area contributed by atoms with Crippen LogP contribution in [0.1, 0.15) is 48.8 Å². The van der Waals surface area contributed by atoms with E-state index in [1.165, 1.54) is 35.9 Å². The summed E-state index contributed by atoms with van der Waals surface area (Å²) >= 11 is 3.21. The van der Waals surface area contributed by atoms with Gasteiger partial charge < -0.3 is 14.6 Å². The molecule has 3 aromatic rings. The molecule has 1 fully saturated rings. The fourth-order valence-electron chi connectivity index (χ4n) is 3.80. The van der Waals surface area contributed by atoms with E-state index in [1.807, 2.05) is 24.3 Å². The number of carbonyl (C=O) groups is 1. The molecule has 0 atom stereocenters. The summed E-state index contributed by atoms with van der Waals surface area (Å²) in [5, 5.41) is 14.8. The standard InChI is InChI=1S/C22H26N4O2S2/c1-28-18-11-9-16(10-12-18)23-21(27)15-30-22-25-24-20(14-19-8-5-13-29-19)26(22)17-6-3-2-4-7-17/h5,8-13,17H,2-4,6-7,14-15H2,1H3,(H,23,27). The van der Waals surface area contributed by atoms with Crippen molar-refractivity contribution in [1.29, 1.82) is 0 Å². The van der Waals surface area contributed by atoms with Gasteiger partial charge in [-0.2, -0.15) is 0 Å². The Hall–Kier alpha value is -2.32. The summed E-state index contributed by atoms with van der Waals surface area (Å²) in [6, 6.07) is 12.0. The lowest BCUT2D eigenvalue weighted by Gasteiger charge is -2.25. The second kappa shape index (κ2) is 10.1. The lowest BCUT2D eigenvalue weighted by Crippen LogP contribution is -2.18. The number of nitrogens with zero attached hydrogens (tertiary/aromatic N) is 3. The molecule has 4 rings (SSSR count). The number of benzene rings is 1. The lowest BCUT2D eigenvalue weighted by molar-refractivity contribution is -0.113. The van der Waals surface area contributed by atoms with Crippen molar-refractivity contribution >= 4 is 34.7 Å². The number of nitrogens with one attached hydrogen (secondary N) is 1. The molecule has 2 heterocycles. The topological polar surface area (TPSA) is 69.0 Å². The third-order valence-electron chi connectivity index (χ3n) is 5.29. The molecule has 0 aliphatic heterocycles. The zero-order chi connectivity index (χ0) is 20.8. The van der Waals surface area contributed by atoms with E-state index in [-0.39, 0.29) is 5.91 Å². The number of thioether (sulfide) groups is 1. The molecule has 1 aliphatic rings. The Kier molecular flexibility index (Phi) is 7.07. The van der Waals surface area contributed by atoms with Gasteiger partial charge in [-0.3, -0.25) is 4.79 Å². The molecule has 8 heteroatoms. The third kappa shape index (κ3) is 5.23. The summed E-state index contributed by atoms with van der Waals surface area (Å²) < 4.78 is 7.45.